The van der Waals surface area contributed by atoms with Crippen LogP contribution >= 0.6 is 0 Å². The number of carbonyl (C=O) groups is 2. The zero-order chi connectivity index (χ0) is 17.8. The maximum absolute atomic E-state index is 12.0. The summed E-state index contributed by atoms with van der Waals surface area (Å²) in [7, 11) is 0. The quantitative estimate of drug-likeness (QED) is 0.834. The average Bonchev–Trinajstić information content (AvgIpc) is 2.40. The molecule has 6 nitrogen and oxygen atoms in total. The molecule has 2 N–H and O–H groups in total. The van der Waals surface area contributed by atoms with Gasteiger partial charge in [0.2, 0.25) is 0 Å². The summed E-state index contributed by atoms with van der Waals surface area (Å²) in [5, 5.41) is 11.8. The molecule has 6 heteroatoms. The van der Waals surface area contributed by atoms with Crippen LogP contribution in [0.1, 0.15) is 45.6 Å². The van der Waals surface area contributed by atoms with Gasteiger partial charge in [0.1, 0.15) is 5.60 Å². The molecule has 1 amide bonds. The monoisotopic (exact) mass is 335 g/mol. The predicted molar refractivity (Wildman–Crippen MR) is 88.6 cm³/mol. The molecule has 0 bridgehead atoms. The molecule has 0 radical (unpaired) electrons. The van der Waals surface area contributed by atoms with E-state index in [1.165, 1.54) is 0 Å². The van der Waals surface area contributed by atoms with Crippen molar-refractivity contribution in [2.75, 3.05) is 0 Å². The van der Waals surface area contributed by atoms with Gasteiger partial charge in [-0.25, -0.2) is 4.79 Å². The van der Waals surface area contributed by atoms with Crippen LogP contribution < -0.4 is 5.32 Å². The number of hydrogen-bond donors (Lipinski definition) is 2. The maximum atomic E-state index is 12.0. The van der Waals surface area contributed by atoms with Crippen LogP contribution in [0.2, 0.25) is 0 Å². The van der Waals surface area contributed by atoms with Crippen LogP contribution in [0.3, 0.4) is 0 Å². The maximum Gasteiger partial charge on any atom is 0.408 e. The van der Waals surface area contributed by atoms with E-state index in [0.717, 1.165) is 5.56 Å². The third kappa shape index (κ3) is 5.53. The Morgan fingerprint density at radius 3 is 2.42 bits per heavy atom. The molecular formula is C18H25NO5. The van der Waals surface area contributed by atoms with Crippen LogP contribution in [-0.4, -0.2) is 34.4 Å². The Kier molecular flexibility index (Phi) is 5.49. The lowest BCUT2D eigenvalue weighted by Crippen LogP contribution is -2.61. The molecular weight excluding hydrogens is 310 g/mol. The first kappa shape index (κ1) is 18.3. The van der Waals surface area contributed by atoms with Gasteiger partial charge in [-0.15, -0.1) is 0 Å². The Morgan fingerprint density at radius 2 is 1.88 bits per heavy atom. The summed E-state index contributed by atoms with van der Waals surface area (Å²) < 4.78 is 11.0. The van der Waals surface area contributed by atoms with E-state index >= 15 is 0 Å². The Balaban J connectivity index is 1.87. The molecule has 24 heavy (non-hydrogen) atoms. The van der Waals surface area contributed by atoms with Gasteiger partial charge in [-0.1, -0.05) is 30.3 Å². The minimum Gasteiger partial charge on any atom is -0.481 e. The van der Waals surface area contributed by atoms with E-state index in [0.29, 0.717) is 19.4 Å². The van der Waals surface area contributed by atoms with Gasteiger partial charge in [0.05, 0.1) is 24.7 Å². The first-order chi connectivity index (χ1) is 11.2. The Labute approximate surface area is 142 Å². The molecule has 1 aromatic rings. The Morgan fingerprint density at radius 1 is 1.25 bits per heavy atom. The molecule has 1 aromatic carbocycles. The van der Waals surface area contributed by atoms with Crippen molar-refractivity contribution in [2.45, 2.75) is 63.9 Å². The molecule has 1 aliphatic carbocycles. The van der Waals surface area contributed by atoms with Gasteiger partial charge in [-0.05, 0) is 39.2 Å². The zero-order valence-electron chi connectivity index (χ0n) is 14.4. The molecule has 0 unspecified atom stereocenters. The van der Waals surface area contributed by atoms with Gasteiger partial charge in [0, 0.05) is 0 Å². The average molecular weight is 335 g/mol. The largest absolute Gasteiger partial charge is 0.481 e. The normalized spacial score (nSPS) is 23.2. The number of rotatable bonds is 6. The van der Waals surface area contributed by atoms with E-state index in [2.05, 4.69) is 5.32 Å². The highest BCUT2D eigenvalue weighted by molar-refractivity contribution is 5.73. The van der Waals surface area contributed by atoms with Crippen molar-refractivity contribution in [3.05, 3.63) is 35.9 Å². The predicted octanol–water partition coefficient (Wildman–Crippen LogP) is 3.10. The van der Waals surface area contributed by atoms with Gasteiger partial charge >= 0.3 is 12.1 Å². The minimum atomic E-state index is -0.951. The number of carbonyl (C=O) groups excluding carboxylic acids is 1. The summed E-state index contributed by atoms with van der Waals surface area (Å²) in [6, 6.07) is 9.77. The SMILES string of the molecule is CC(C)(C)OC(=O)NC1(CC(=O)O)CC(OCc2ccccc2)C1. The second kappa shape index (κ2) is 7.21. The summed E-state index contributed by atoms with van der Waals surface area (Å²) in [4.78, 5) is 23.1. The first-order valence-electron chi connectivity index (χ1n) is 8.06. The van der Waals surface area contributed by atoms with Crippen LogP contribution in [0.15, 0.2) is 30.3 Å². The second-order valence-electron chi connectivity index (χ2n) is 7.30. The van der Waals surface area contributed by atoms with Crippen LogP contribution in [0.25, 0.3) is 0 Å². The van der Waals surface area contributed by atoms with Crippen molar-refractivity contribution < 1.29 is 24.2 Å². The van der Waals surface area contributed by atoms with E-state index in [1.807, 2.05) is 30.3 Å². The van der Waals surface area contributed by atoms with E-state index in [4.69, 9.17) is 14.6 Å². The van der Waals surface area contributed by atoms with E-state index in [-0.39, 0.29) is 12.5 Å². The minimum absolute atomic E-state index is 0.0699. The Hall–Kier alpha value is -2.08. The highest BCUT2D eigenvalue weighted by atomic mass is 16.6. The molecule has 0 spiro atoms. The lowest BCUT2D eigenvalue weighted by Gasteiger charge is -2.46. The van der Waals surface area contributed by atoms with E-state index < -0.39 is 23.2 Å². The summed E-state index contributed by atoms with van der Waals surface area (Å²) >= 11 is 0. The first-order valence-corrected chi connectivity index (χ1v) is 8.06. The summed E-state index contributed by atoms with van der Waals surface area (Å²) in [6.07, 6.45) is 0.124. The van der Waals surface area contributed by atoms with Crippen LogP contribution in [0, 0.1) is 0 Å². The van der Waals surface area contributed by atoms with Crippen molar-refractivity contribution in [1.82, 2.24) is 5.32 Å². The molecule has 0 heterocycles. The fourth-order valence-electron chi connectivity index (χ4n) is 2.82. The fraction of sp³-hybridized carbons (Fsp3) is 0.556. The van der Waals surface area contributed by atoms with E-state index in [9.17, 15) is 9.59 Å². The molecule has 0 aliphatic heterocycles. The number of benzene rings is 1. The second-order valence-corrected chi connectivity index (χ2v) is 7.30. The molecule has 132 valence electrons. The summed E-state index contributed by atoms with van der Waals surface area (Å²) in [5.41, 5.74) is -0.356. The zero-order valence-corrected chi connectivity index (χ0v) is 14.4. The number of aliphatic carboxylic acids is 1. The molecule has 2 rings (SSSR count). The number of carboxylic acid groups (broad SMARTS) is 1. The van der Waals surface area contributed by atoms with Crippen molar-refractivity contribution in [3.63, 3.8) is 0 Å². The number of amides is 1. The Bertz CT molecular complexity index is 573. The molecule has 1 saturated carbocycles. The van der Waals surface area contributed by atoms with Crippen LogP contribution in [0.5, 0.6) is 0 Å². The van der Waals surface area contributed by atoms with Gasteiger partial charge in [-0.3, -0.25) is 4.79 Å². The lowest BCUT2D eigenvalue weighted by molar-refractivity contribution is -0.142. The molecule has 0 aromatic heterocycles. The fourth-order valence-corrected chi connectivity index (χ4v) is 2.82. The van der Waals surface area contributed by atoms with Crippen LogP contribution in [-0.2, 0) is 20.9 Å². The highest BCUT2D eigenvalue weighted by Gasteiger charge is 2.48. The summed E-state index contributed by atoms with van der Waals surface area (Å²) in [5.74, 6) is -0.951. The van der Waals surface area contributed by atoms with Gasteiger partial charge in [0.25, 0.3) is 0 Å². The number of hydrogen-bond acceptors (Lipinski definition) is 4. The standard InChI is InChI=1S/C18H25NO5/c1-17(2,3)24-16(22)19-18(11-15(20)21)9-14(10-18)23-12-13-7-5-4-6-8-13/h4-8,14H,9-12H2,1-3H3,(H,19,22)(H,20,21). The van der Waals surface area contributed by atoms with Gasteiger partial charge in [-0.2, -0.15) is 0 Å². The topological polar surface area (TPSA) is 84.9 Å². The third-order valence-corrected chi connectivity index (χ3v) is 3.82. The van der Waals surface area contributed by atoms with Gasteiger partial charge < -0.3 is 19.9 Å². The molecule has 0 saturated heterocycles. The number of ether oxygens (including phenoxy) is 2. The lowest BCUT2D eigenvalue weighted by atomic mass is 9.72. The van der Waals surface area contributed by atoms with E-state index in [1.54, 1.807) is 20.8 Å². The van der Waals surface area contributed by atoms with Crippen molar-refractivity contribution in [1.29, 1.82) is 0 Å². The molecule has 0 atom stereocenters. The summed E-state index contributed by atoms with van der Waals surface area (Å²) in [6.45, 7) is 5.77. The van der Waals surface area contributed by atoms with Crippen LogP contribution in [0.4, 0.5) is 4.79 Å². The van der Waals surface area contributed by atoms with Crippen molar-refractivity contribution in [2.24, 2.45) is 0 Å². The number of alkyl carbamates (subject to hydrolysis) is 1. The van der Waals surface area contributed by atoms with Crippen molar-refractivity contribution in [3.8, 4) is 0 Å². The molecule has 1 fully saturated rings. The highest BCUT2D eigenvalue weighted by Crippen LogP contribution is 2.38. The van der Waals surface area contributed by atoms with Crippen molar-refractivity contribution >= 4 is 12.1 Å². The number of nitrogens with one attached hydrogen (secondary N) is 1. The number of carboxylic acids is 1. The van der Waals surface area contributed by atoms with Gasteiger partial charge in [0.15, 0.2) is 0 Å². The third-order valence-electron chi connectivity index (χ3n) is 3.82. The molecule has 1 aliphatic rings. The smallest absolute Gasteiger partial charge is 0.408 e.